The third-order valence-corrected chi connectivity index (χ3v) is 6.32. The van der Waals surface area contributed by atoms with Gasteiger partial charge in [-0.05, 0) is 42.0 Å². The van der Waals surface area contributed by atoms with Gasteiger partial charge in [-0.25, -0.2) is 4.79 Å². The smallest absolute Gasteiger partial charge is 0.408 e. The summed E-state index contributed by atoms with van der Waals surface area (Å²) in [6.45, 7) is 6.24. The fraction of sp³-hybridized carbons (Fsp3) is 0.444. The van der Waals surface area contributed by atoms with Crippen LogP contribution in [0.5, 0.6) is 0 Å². The van der Waals surface area contributed by atoms with E-state index >= 15 is 0 Å². The van der Waals surface area contributed by atoms with Gasteiger partial charge in [-0.2, -0.15) is 0 Å². The monoisotopic (exact) mass is 466 g/mol. The zero-order chi connectivity index (χ0) is 24.7. The van der Waals surface area contributed by atoms with Crippen LogP contribution in [0.1, 0.15) is 63.5 Å². The number of fused-ring (bicyclic) bond motifs is 3. The van der Waals surface area contributed by atoms with Crippen molar-refractivity contribution >= 4 is 18.0 Å². The Hall–Kier alpha value is -3.35. The predicted molar refractivity (Wildman–Crippen MR) is 131 cm³/mol. The van der Waals surface area contributed by atoms with E-state index in [1.54, 1.807) is 6.92 Å². The summed E-state index contributed by atoms with van der Waals surface area (Å²) in [4.78, 5) is 38.8. The van der Waals surface area contributed by atoms with Crippen LogP contribution in [0.25, 0.3) is 11.1 Å². The number of carbonyl (C=O) groups excluding carboxylic acids is 2. The highest BCUT2D eigenvalue weighted by Crippen LogP contribution is 2.44. The van der Waals surface area contributed by atoms with Crippen LogP contribution >= 0.6 is 0 Å². The van der Waals surface area contributed by atoms with E-state index in [4.69, 9.17) is 9.84 Å². The first-order chi connectivity index (χ1) is 16.3. The number of rotatable bonds is 11. The molecule has 0 saturated heterocycles. The Morgan fingerprint density at radius 3 is 2.09 bits per heavy atom. The van der Waals surface area contributed by atoms with Crippen molar-refractivity contribution in [1.29, 1.82) is 0 Å². The number of carboxylic acids is 1. The van der Waals surface area contributed by atoms with Crippen molar-refractivity contribution in [1.82, 2.24) is 10.2 Å². The zero-order valence-corrected chi connectivity index (χ0v) is 20.2. The molecule has 0 bridgehead atoms. The number of hydrogen-bond donors (Lipinski definition) is 2. The van der Waals surface area contributed by atoms with Gasteiger partial charge in [0.2, 0.25) is 5.91 Å². The van der Waals surface area contributed by atoms with Crippen LogP contribution in [0.4, 0.5) is 4.79 Å². The molecule has 182 valence electrons. The molecule has 0 aliphatic heterocycles. The third-order valence-electron chi connectivity index (χ3n) is 6.32. The van der Waals surface area contributed by atoms with Crippen LogP contribution in [-0.2, 0) is 14.3 Å². The minimum atomic E-state index is -1.18. The molecular weight excluding hydrogens is 432 g/mol. The quantitative estimate of drug-likeness (QED) is 0.496. The summed E-state index contributed by atoms with van der Waals surface area (Å²) in [6, 6.07) is 16.2. The van der Waals surface area contributed by atoms with Gasteiger partial charge in [0.15, 0.2) is 0 Å². The highest BCUT2D eigenvalue weighted by Gasteiger charge is 2.38. The molecule has 3 rings (SSSR count). The number of nitrogens with one attached hydrogen (secondary N) is 1. The Balaban J connectivity index is 1.71. The van der Waals surface area contributed by atoms with Gasteiger partial charge >= 0.3 is 12.1 Å². The number of amides is 2. The maximum Gasteiger partial charge on any atom is 0.408 e. The number of carbonyl (C=O) groups is 3. The van der Waals surface area contributed by atoms with E-state index < -0.39 is 17.6 Å². The summed E-state index contributed by atoms with van der Waals surface area (Å²) in [5.74, 6) is -1.32. The first-order valence-corrected chi connectivity index (χ1v) is 11.9. The second-order valence-corrected chi connectivity index (χ2v) is 8.97. The number of aliphatic carboxylic acids is 1. The second kappa shape index (κ2) is 11.2. The fourth-order valence-corrected chi connectivity index (χ4v) is 4.75. The Morgan fingerprint density at radius 2 is 1.56 bits per heavy atom. The fourth-order valence-electron chi connectivity index (χ4n) is 4.75. The van der Waals surface area contributed by atoms with Crippen molar-refractivity contribution in [3.8, 4) is 11.1 Å². The van der Waals surface area contributed by atoms with Gasteiger partial charge in [0.05, 0.1) is 6.42 Å². The summed E-state index contributed by atoms with van der Waals surface area (Å²) in [7, 11) is 0. The predicted octanol–water partition coefficient (Wildman–Crippen LogP) is 4.80. The normalized spacial score (nSPS) is 14.0. The van der Waals surface area contributed by atoms with E-state index in [0.29, 0.717) is 25.8 Å². The number of hydrogen-bond acceptors (Lipinski definition) is 4. The van der Waals surface area contributed by atoms with Gasteiger partial charge in [-0.15, -0.1) is 0 Å². The number of alkyl carbamates (subject to hydrolysis) is 1. The molecule has 34 heavy (non-hydrogen) atoms. The number of ether oxygens (including phenoxy) is 1. The number of benzene rings is 2. The van der Waals surface area contributed by atoms with Gasteiger partial charge in [-0.1, -0.05) is 68.8 Å². The van der Waals surface area contributed by atoms with Crippen LogP contribution in [-0.4, -0.2) is 53.2 Å². The lowest BCUT2D eigenvalue weighted by Crippen LogP contribution is -2.58. The van der Waals surface area contributed by atoms with E-state index in [0.717, 1.165) is 22.3 Å². The summed E-state index contributed by atoms with van der Waals surface area (Å²) < 4.78 is 5.65. The third kappa shape index (κ3) is 5.58. The SMILES string of the molecule is CCCN(CCC(=O)O)C(=O)C(C)(CCC)NC(=O)OCC1c2ccccc2-c2ccccc21. The lowest BCUT2D eigenvalue weighted by atomic mass is 9.94. The first-order valence-electron chi connectivity index (χ1n) is 11.9. The molecule has 2 amide bonds. The standard InChI is InChI=1S/C27H34N2O5/c1-4-15-27(3,25(32)29(16-5-2)17-14-24(30)31)28-26(33)34-18-23-21-12-8-6-10-19(21)20-11-7-9-13-22(20)23/h6-13,23H,4-5,14-18H2,1-3H3,(H,28,33)(H,30,31). The maximum absolute atomic E-state index is 13.3. The highest BCUT2D eigenvalue weighted by molar-refractivity contribution is 5.90. The molecule has 0 aromatic heterocycles. The lowest BCUT2D eigenvalue weighted by Gasteiger charge is -2.34. The van der Waals surface area contributed by atoms with Crippen molar-refractivity contribution in [2.45, 2.75) is 57.9 Å². The molecule has 1 atom stereocenters. The topological polar surface area (TPSA) is 95.9 Å². The van der Waals surface area contributed by atoms with Crippen LogP contribution < -0.4 is 5.32 Å². The second-order valence-electron chi connectivity index (χ2n) is 8.97. The van der Waals surface area contributed by atoms with Gasteiger partial charge in [0, 0.05) is 19.0 Å². The summed E-state index contributed by atoms with van der Waals surface area (Å²) in [6.07, 6.45) is 0.992. The van der Waals surface area contributed by atoms with E-state index in [1.165, 1.54) is 4.90 Å². The molecule has 0 radical (unpaired) electrons. The average molecular weight is 467 g/mol. The largest absolute Gasteiger partial charge is 0.481 e. The molecule has 2 aromatic rings. The summed E-state index contributed by atoms with van der Waals surface area (Å²) >= 11 is 0. The molecule has 2 N–H and O–H groups in total. The van der Waals surface area contributed by atoms with E-state index in [1.807, 2.05) is 38.1 Å². The lowest BCUT2D eigenvalue weighted by molar-refractivity contribution is -0.141. The van der Waals surface area contributed by atoms with Crippen LogP contribution in [0.2, 0.25) is 0 Å². The van der Waals surface area contributed by atoms with Crippen molar-refractivity contribution in [2.24, 2.45) is 0 Å². The van der Waals surface area contributed by atoms with Gasteiger partial charge < -0.3 is 20.1 Å². The molecule has 0 saturated carbocycles. The molecule has 7 heteroatoms. The molecule has 1 aliphatic carbocycles. The Bertz CT molecular complexity index is 992. The van der Waals surface area contributed by atoms with Gasteiger partial charge in [0.1, 0.15) is 12.1 Å². The van der Waals surface area contributed by atoms with E-state index in [9.17, 15) is 14.4 Å². The number of nitrogens with zero attached hydrogens (tertiary/aromatic N) is 1. The van der Waals surface area contributed by atoms with Crippen molar-refractivity contribution in [3.05, 3.63) is 59.7 Å². The molecule has 1 unspecified atom stereocenters. The van der Waals surface area contributed by atoms with Gasteiger partial charge in [-0.3, -0.25) is 9.59 Å². The Kier molecular flexibility index (Phi) is 8.31. The Labute approximate surface area is 201 Å². The molecule has 0 spiro atoms. The summed E-state index contributed by atoms with van der Waals surface area (Å²) in [5, 5.41) is 11.8. The molecule has 2 aromatic carbocycles. The Morgan fingerprint density at radius 1 is 0.971 bits per heavy atom. The first kappa shape index (κ1) is 25.3. The molecular formula is C27H34N2O5. The van der Waals surface area contributed by atoms with Crippen molar-refractivity contribution < 1.29 is 24.2 Å². The molecule has 0 heterocycles. The minimum absolute atomic E-state index is 0.0709. The van der Waals surface area contributed by atoms with Crippen molar-refractivity contribution in [2.75, 3.05) is 19.7 Å². The molecule has 7 nitrogen and oxygen atoms in total. The number of carboxylic acid groups (broad SMARTS) is 1. The van der Waals surface area contributed by atoms with Crippen LogP contribution in [0.3, 0.4) is 0 Å². The van der Waals surface area contributed by atoms with Crippen molar-refractivity contribution in [3.63, 3.8) is 0 Å². The zero-order valence-electron chi connectivity index (χ0n) is 20.2. The highest BCUT2D eigenvalue weighted by atomic mass is 16.5. The maximum atomic E-state index is 13.3. The van der Waals surface area contributed by atoms with Crippen LogP contribution in [0, 0.1) is 0 Å². The van der Waals surface area contributed by atoms with E-state index in [2.05, 4.69) is 29.6 Å². The van der Waals surface area contributed by atoms with Crippen LogP contribution in [0.15, 0.2) is 48.5 Å². The molecule has 0 fully saturated rings. The van der Waals surface area contributed by atoms with E-state index in [-0.39, 0.29) is 31.4 Å². The average Bonchev–Trinajstić information content (AvgIpc) is 3.13. The summed E-state index contributed by atoms with van der Waals surface area (Å²) in [5.41, 5.74) is 3.35. The van der Waals surface area contributed by atoms with Gasteiger partial charge in [0.25, 0.3) is 0 Å². The minimum Gasteiger partial charge on any atom is -0.481 e. The molecule has 1 aliphatic rings.